The summed E-state index contributed by atoms with van der Waals surface area (Å²) in [6.07, 6.45) is 10.9. The Balaban J connectivity index is 2.11. The van der Waals surface area contributed by atoms with E-state index in [-0.39, 0.29) is 11.5 Å². The fourth-order valence-corrected chi connectivity index (χ4v) is 3.16. The van der Waals surface area contributed by atoms with Crippen molar-refractivity contribution in [3.05, 3.63) is 42.5 Å². The van der Waals surface area contributed by atoms with E-state index in [1.807, 2.05) is 13.0 Å². The molecule has 0 aliphatic carbocycles. The van der Waals surface area contributed by atoms with Crippen molar-refractivity contribution in [2.45, 2.75) is 63.2 Å². The van der Waals surface area contributed by atoms with Crippen LogP contribution in [-0.2, 0) is 14.3 Å². The molecule has 0 saturated heterocycles. The first-order chi connectivity index (χ1) is 10.6. The molecule has 0 amide bonds. The van der Waals surface area contributed by atoms with Gasteiger partial charge in [-0.2, -0.15) is 8.42 Å². The molecule has 0 aliphatic rings. The number of benzene rings is 1. The molecule has 1 aromatic carbocycles. The van der Waals surface area contributed by atoms with E-state index in [2.05, 4.69) is 6.58 Å². The minimum Gasteiger partial charge on any atom is -0.266 e. The number of hydrogen-bond donors (Lipinski definition) is 0. The van der Waals surface area contributed by atoms with E-state index in [4.69, 9.17) is 4.18 Å². The first kappa shape index (κ1) is 18.9. The molecule has 3 nitrogen and oxygen atoms in total. The standard InChI is InChI=1S/C18H28O3S/c1-3-4-5-6-7-8-9-10-11-16-21-22(19,20)18-14-12-17(2)13-15-18/h3,12-15H,1,4-11,16H2,2H3. The number of allylic oxidation sites excluding steroid dienone is 1. The smallest absolute Gasteiger partial charge is 0.266 e. The van der Waals surface area contributed by atoms with Crippen LogP contribution in [0.5, 0.6) is 0 Å². The van der Waals surface area contributed by atoms with Crippen LogP contribution in [0.1, 0.15) is 56.9 Å². The predicted octanol–water partition coefficient (Wildman–Crippen LogP) is 5.01. The number of rotatable bonds is 12. The van der Waals surface area contributed by atoms with E-state index >= 15 is 0 Å². The lowest BCUT2D eigenvalue weighted by Gasteiger charge is -2.06. The third-order valence-electron chi connectivity index (χ3n) is 3.60. The topological polar surface area (TPSA) is 43.4 Å². The first-order valence-electron chi connectivity index (χ1n) is 8.13. The average Bonchev–Trinajstić information content (AvgIpc) is 2.49. The Morgan fingerprint density at radius 2 is 1.50 bits per heavy atom. The molecule has 124 valence electrons. The molecule has 0 bridgehead atoms. The van der Waals surface area contributed by atoms with Crippen molar-refractivity contribution in [2.24, 2.45) is 0 Å². The molecular weight excluding hydrogens is 296 g/mol. The minimum absolute atomic E-state index is 0.236. The second-order valence-corrected chi connectivity index (χ2v) is 7.26. The van der Waals surface area contributed by atoms with Crippen molar-refractivity contribution < 1.29 is 12.6 Å². The van der Waals surface area contributed by atoms with Gasteiger partial charge in [0.15, 0.2) is 0 Å². The van der Waals surface area contributed by atoms with Crippen molar-refractivity contribution in [3.63, 3.8) is 0 Å². The molecular formula is C18H28O3S. The van der Waals surface area contributed by atoms with Gasteiger partial charge in [-0.05, 0) is 38.3 Å². The van der Waals surface area contributed by atoms with Crippen molar-refractivity contribution >= 4 is 10.1 Å². The third-order valence-corrected chi connectivity index (χ3v) is 4.93. The van der Waals surface area contributed by atoms with Gasteiger partial charge in [-0.25, -0.2) is 0 Å². The quantitative estimate of drug-likeness (QED) is 0.308. The Hall–Kier alpha value is -1.13. The zero-order valence-electron chi connectivity index (χ0n) is 13.6. The fourth-order valence-electron chi connectivity index (χ4n) is 2.22. The van der Waals surface area contributed by atoms with Gasteiger partial charge in [-0.3, -0.25) is 4.18 Å². The molecule has 0 heterocycles. The summed E-state index contributed by atoms with van der Waals surface area (Å²) in [5.41, 5.74) is 1.03. The van der Waals surface area contributed by atoms with E-state index in [9.17, 15) is 8.42 Å². The minimum atomic E-state index is -3.59. The summed E-state index contributed by atoms with van der Waals surface area (Å²) < 4.78 is 29.0. The summed E-state index contributed by atoms with van der Waals surface area (Å²) in [5, 5.41) is 0. The van der Waals surface area contributed by atoms with E-state index in [0.717, 1.165) is 31.2 Å². The maximum atomic E-state index is 11.9. The van der Waals surface area contributed by atoms with Crippen LogP contribution in [-0.4, -0.2) is 15.0 Å². The first-order valence-corrected chi connectivity index (χ1v) is 9.54. The lowest BCUT2D eigenvalue weighted by Crippen LogP contribution is -2.07. The molecule has 1 aromatic rings. The second-order valence-electron chi connectivity index (χ2n) is 5.64. The Kier molecular flexibility index (Phi) is 9.09. The van der Waals surface area contributed by atoms with Gasteiger partial charge in [0.2, 0.25) is 0 Å². The largest absolute Gasteiger partial charge is 0.296 e. The summed E-state index contributed by atoms with van der Waals surface area (Å²) in [6.45, 7) is 5.91. The molecule has 0 unspecified atom stereocenters. The number of hydrogen-bond acceptors (Lipinski definition) is 3. The Morgan fingerprint density at radius 3 is 2.09 bits per heavy atom. The fraction of sp³-hybridized carbons (Fsp3) is 0.556. The van der Waals surface area contributed by atoms with Crippen LogP contribution >= 0.6 is 0 Å². The number of unbranched alkanes of at least 4 members (excludes halogenated alkanes) is 7. The Labute approximate surface area is 135 Å². The highest BCUT2D eigenvalue weighted by Gasteiger charge is 2.14. The Bertz CT molecular complexity index is 518. The Morgan fingerprint density at radius 1 is 0.955 bits per heavy atom. The highest BCUT2D eigenvalue weighted by Crippen LogP contribution is 2.14. The highest BCUT2D eigenvalue weighted by molar-refractivity contribution is 7.86. The van der Waals surface area contributed by atoms with Crippen LogP contribution in [0, 0.1) is 6.92 Å². The van der Waals surface area contributed by atoms with Gasteiger partial charge in [0, 0.05) is 0 Å². The van der Waals surface area contributed by atoms with E-state index in [1.165, 1.54) is 25.7 Å². The monoisotopic (exact) mass is 324 g/mol. The van der Waals surface area contributed by atoms with Crippen LogP contribution in [0.15, 0.2) is 41.8 Å². The molecule has 0 atom stereocenters. The molecule has 4 heteroatoms. The van der Waals surface area contributed by atoms with Crippen LogP contribution in [0.25, 0.3) is 0 Å². The van der Waals surface area contributed by atoms with Gasteiger partial charge in [-0.15, -0.1) is 6.58 Å². The van der Waals surface area contributed by atoms with Crippen molar-refractivity contribution in [1.29, 1.82) is 0 Å². The van der Waals surface area contributed by atoms with Gasteiger partial charge in [0.05, 0.1) is 11.5 Å². The molecule has 22 heavy (non-hydrogen) atoms. The van der Waals surface area contributed by atoms with E-state index < -0.39 is 10.1 Å². The molecule has 0 spiro atoms. The maximum absolute atomic E-state index is 11.9. The van der Waals surface area contributed by atoms with Crippen molar-refractivity contribution in [1.82, 2.24) is 0 Å². The zero-order chi connectivity index (χ0) is 16.3. The summed E-state index contributed by atoms with van der Waals surface area (Å²) in [6, 6.07) is 6.74. The summed E-state index contributed by atoms with van der Waals surface area (Å²) >= 11 is 0. The van der Waals surface area contributed by atoms with Crippen LogP contribution in [0.4, 0.5) is 0 Å². The molecule has 0 N–H and O–H groups in total. The maximum Gasteiger partial charge on any atom is 0.296 e. The predicted molar refractivity (Wildman–Crippen MR) is 91.4 cm³/mol. The zero-order valence-corrected chi connectivity index (χ0v) is 14.4. The van der Waals surface area contributed by atoms with Gasteiger partial charge in [-0.1, -0.05) is 55.9 Å². The SMILES string of the molecule is C=CCCCCCCCCCOS(=O)(=O)c1ccc(C)cc1. The summed E-state index contributed by atoms with van der Waals surface area (Å²) in [7, 11) is -3.59. The van der Waals surface area contributed by atoms with Gasteiger partial charge < -0.3 is 0 Å². The molecule has 1 rings (SSSR count). The van der Waals surface area contributed by atoms with E-state index in [0.29, 0.717) is 0 Å². The van der Waals surface area contributed by atoms with E-state index in [1.54, 1.807) is 24.3 Å². The molecule has 0 radical (unpaired) electrons. The van der Waals surface area contributed by atoms with Crippen LogP contribution < -0.4 is 0 Å². The normalized spacial score (nSPS) is 11.5. The van der Waals surface area contributed by atoms with Gasteiger partial charge >= 0.3 is 0 Å². The summed E-state index contributed by atoms with van der Waals surface area (Å²) in [4.78, 5) is 0.236. The van der Waals surface area contributed by atoms with Gasteiger partial charge in [0.25, 0.3) is 10.1 Å². The second kappa shape index (κ2) is 10.6. The van der Waals surface area contributed by atoms with Crippen molar-refractivity contribution in [3.8, 4) is 0 Å². The van der Waals surface area contributed by atoms with Crippen LogP contribution in [0.2, 0.25) is 0 Å². The molecule has 0 fully saturated rings. The summed E-state index contributed by atoms with van der Waals surface area (Å²) in [5.74, 6) is 0. The number of aryl methyl sites for hydroxylation is 1. The van der Waals surface area contributed by atoms with Crippen molar-refractivity contribution in [2.75, 3.05) is 6.61 Å². The molecule has 0 aromatic heterocycles. The molecule has 0 saturated carbocycles. The molecule has 0 aliphatic heterocycles. The van der Waals surface area contributed by atoms with Crippen LogP contribution in [0.3, 0.4) is 0 Å². The lowest BCUT2D eigenvalue weighted by atomic mass is 10.1. The average molecular weight is 324 g/mol. The highest BCUT2D eigenvalue weighted by atomic mass is 32.2. The lowest BCUT2D eigenvalue weighted by molar-refractivity contribution is 0.306. The third kappa shape index (κ3) is 7.76. The van der Waals surface area contributed by atoms with Gasteiger partial charge in [0.1, 0.15) is 0 Å².